The van der Waals surface area contributed by atoms with Gasteiger partial charge >= 0.3 is 0 Å². The summed E-state index contributed by atoms with van der Waals surface area (Å²) in [5.74, 6) is 0.980. The van der Waals surface area contributed by atoms with Gasteiger partial charge in [-0.05, 0) is 49.8 Å². The predicted molar refractivity (Wildman–Crippen MR) is 85.0 cm³/mol. The van der Waals surface area contributed by atoms with Crippen molar-refractivity contribution in [2.75, 3.05) is 10.6 Å². The summed E-state index contributed by atoms with van der Waals surface area (Å²) < 4.78 is 0. The molecule has 0 atom stereocenters. The smallest absolute Gasteiger partial charge is 0.224 e. The minimum Gasteiger partial charge on any atom is -0.382 e. The number of hydrogen-bond acceptors (Lipinski definition) is 2. The molecule has 3 nitrogen and oxygen atoms in total. The van der Waals surface area contributed by atoms with Crippen molar-refractivity contribution < 1.29 is 4.79 Å². The van der Waals surface area contributed by atoms with Crippen molar-refractivity contribution in [2.45, 2.75) is 58.4 Å². The van der Waals surface area contributed by atoms with Crippen LogP contribution in [0.2, 0.25) is 0 Å². The summed E-state index contributed by atoms with van der Waals surface area (Å²) in [7, 11) is 0. The minimum absolute atomic E-state index is 0.0607. The van der Waals surface area contributed by atoms with Crippen molar-refractivity contribution in [2.24, 2.45) is 5.92 Å². The number of nitrogens with one attached hydrogen (secondary N) is 2. The Bertz CT molecular complexity index is 436. The molecule has 0 unspecified atom stereocenters. The molecule has 20 heavy (non-hydrogen) atoms. The lowest BCUT2D eigenvalue weighted by Gasteiger charge is -2.29. The van der Waals surface area contributed by atoms with Crippen LogP contribution >= 0.6 is 0 Å². The number of anilines is 2. The van der Waals surface area contributed by atoms with Crippen LogP contribution in [0.15, 0.2) is 24.3 Å². The van der Waals surface area contributed by atoms with E-state index in [9.17, 15) is 4.79 Å². The van der Waals surface area contributed by atoms with Crippen LogP contribution in [0.5, 0.6) is 0 Å². The first-order valence-electron chi connectivity index (χ1n) is 7.87. The van der Waals surface area contributed by atoms with E-state index in [0.717, 1.165) is 17.3 Å². The molecule has 3 heteroatoms. The Kier molecular flexibility index (Phi) is 5.45. The molecule has 2 N–H and O–H groups in total. The first kappa shape index (κ1) is 14.9. The van der Waals surface area contributed by atoms with Gasteiger partial charge in [0.05, 0.1) is 0 Å². The van der Waals surface area contributed by atoms with Crippen LogP contribution < -0.4 is 10.6 Å². The van der Waals surface area contributed by atoms with E-state index in [1.165, 1.54) is 32.1 Å². The highest BCUT2D eigenvalue weighted by Gasteiger charge is 2.19. The Morgan fingerprint density at radius 1 is 1.15 bits per heavy atom. The summed E-state index contributed by atoms with van der Waals surface area (Å²) in [6.07, 6.45) is 7.00. The zero-order valence-electron chi connectivity index (χ0n) is 12.6. The Morgan fingerprint density at radius 3 is 2.50 bits per heavy atom. The van der Waals surface area contributed by atoms with Crippen molar-refractivity contribution in [3.8, 4) is 0 Å². The second-order valence-corrected chi connectivity index (χ2v) is 5.75. The van der Waals surface area contributed by atoms with Crippen molar-refractivity contribution in [3.05, 3.63) is 24.3 Å². The topological polar surface area (TPSA) is 41.1 Å². The van der Waals surface area contributed by atoms with E-state index >= 15 is 0 Å². The zero-order valence-corrected chi connectivity index (χ0v) is 12.6. The van der Waals surface area contributed by atoms with E-state index in [1.54, 1.807) is 0 Å². The Balaban J connectivity index is 1.90. The van der Waals surface area contributed by atoms with Crippen LogP contribution in [0.4, 0.5) is 11.4 Å². The molecule has 1 aromatic carbocycles. The van der Waals surface area contributed by atoms with E-state index < -0.39 is 0 Å². The highest BCUT2D eigenvalue weighted by Crippen LogP contribution is 2.28. The maximum atomic E-state index is 11.4. The molecular formula is C17H26N2O. The summed E-state index contributed by atoms with van der Waals surface area (Å²) in [4.78, 5) is 11.4. The molecule has 1 aromatic rings. The standard InChI is InChI=1S/C17H26N2O/c1-3-13-8-10-14(11-9-13)18-15-6-5-7-16(12-15)19-17(20)4-2/h5-7,12-14,18H,3-4,8-11H2,1-2H3,(H,19,20). The number of amides is 1. The molecule has 0 heterocycles. The maximum Gasteiger partial charge on any atom is 0.224 e. The fourth-order valence-corrected chi connectivity index (χ4v) is 2.89. The first-order chi connectivity index (χ1) is 9.71. The van der Waals surface area contributed by atoms with Gasteiger partial charge in [-0.1, -0.05) is 26.3 Å². The lowest BCUT2D eigenvalue weighted by Crippen LogP contribution is -2.25. The molecule has 1 aliphatic carbocycles. The summed E-state index contributed by atoms with van der Waals surface area (Å²) in [6.45, 7) is 4.15. The molecule has 0 aliphatic heterocycles. The van der Waals surface area contributed by atoms with Gasteiger partial charge in [0.1, 0.15) is 0 Å². The second kappa shape index (κ2) is 7.32. The van der Waals surface area contributed by atoms with E-state index in [-0.39, 0.29) is 5.91 Å². The number of carbonyl (C=O) groups excluding carboxylic acids is 1. The van der Waals surface area contributed by atoms with Crippen LogP contribution in [-0.2, 0) is 4.79 Å². The van der Waals surface area contributed by atoms with Crippen LogP contribution in [0.1, 0.15) is 52.4 Å². The zero-order chi connectivity index (χ0) is 14.4. The van der Waals surface area contributed by atoms with E-state index in [4.69, 9.17) is 0 Å². The third-order valence-electron chi connectivity index (χ3n) is 4.26. The molecule has 2 rings (SSSR count). The third-order valence-corrected chi connectivity index (χ3v) is 4.26. The van der Waals surface area contributed by atoms with E-state index in [0.29, 0.717) is 12.5 Å². The van der Waals surface area contributed by atoms with Gasteiger partial charge in [-0.15, -0.1) is 0 Å². The highest BCUT2D eigenvalue weighted by molar-refractivity contribution is 5.90. The molecule has 1 amide bonds. The summed E-state index contributed by atoms with van der Waals surface area (Å²) in [5, 5.41) is 6.51. The van der Waals surface area contributed by atoms with Crippen LogP contribution in [0.3, 0.4) is 0 Å². The fourth-order valence-electron chi connectivity index (χ4n) is 2.89. The third kappa shape index (κ3) is 4.26. The van der Waals surface area contributed by atoms with Gasteiger partial charge in [-0.3, -0.25) is 4.79 Å². The molecule has 0 saturated heterocycles. The largest absolute Gasteiger partial charge is 0.382 e. The SMILES string of the molecule is CCC(=O)Nc1cccc(NC2CCC(CC)CC2)c1. The Labute approximate surface area is 122 Å². The quantitative estimate of drug-likeness (QED) is 0.834. The Hall–Kier alpha value is -1.51. The normalized spacial score (nSPS) is 22.3. The highest BCUT2D eigenvalue weighted by atomic mass is 16.1. The second-order valence-electron chi connectivity index (χ2n) is 5.75. The van der Waals surface area contributed by atoms with Gasteiger partial charge < -0.3 is 10.6 Å². The number of benzene rings is 1. The molecule has 110 valence electrons. The average Bonchev–Trinajstić information content (AvgIpc) is 2.48. The first-order valence-corrected chi connectivity index (χ1v) is 7.87. The maximum absolute atomic E-state index is 11.4. The lowest BCUT2D eigenvalue weighted by molar-refractivity contribution is -0.115. The number of rotatable bonds is 5. The van der Waals surface area contributed by atoms with Crippen LogP contribution in [-0.4, -0.2) is 11.9 Å². The van der Waals surface area contributed by atoms with E-state index in [2.05, 4.69) is 23.6 Å². The molecule has 0 radical (unpaired) electrons. The summed E-state index contributed by atoms with van der Waals surface area (Å²) in [5.41, 5.74) is 1.99. The minimum atomic E-state index is 0.0607. The van der Waals surface area contributed by atoms with Crippen molar-refractivity contribution in [3.63, 3.8) is 0 Å². The molecule has 0 bridgehead atoms. The monoisotopic (exact) mass is 274 g/mol. The average molecular weight is 274 g/mol. The van der Waals surface area contributed by atoms with Crippen molar-refractivity contribution in [1.29, 1.82) is 0 Å². The lowest BCUT2D eigenvalue weighted by atomic mass is 9.84. The number of hydrogen-bond donors (Lipinski definition) is 2. The van der Waals surface area contributed by atoms with Gasteiger partial charge in [0.2, 0.25) is 5.91 Å². The molecular weight excluding hydrogens is 248 g/mol. The molecule has 1 saturated carbocycles. The van der Waals surface area contributed by atoms with Crippen molar-refractivity contribution in [1.82, 2.24) is 0 Å². The molecule has 0 spiro atoms. The molecule has 0 aromatic heterocycles. The van der Waals surface area contributed by atoms with Gasteiger partial charge in [0.15, 0.2) is 0 Å². The predicted octanol–water partition coefficient (Wildman–Crippen LogP) is 4.42. The van der Waals surface area contributed by atoms with E-state index in [1.807, 2.05) is 25.1 Å². The fraction of sp³-hybridized carbons (Fsp3) is 0.588. The Morgan fingerprint density at radius 2 is 1.85 bits per heavy atom. The molecule has 1 aliphatic rings. The molecule has 1 fully saturated rings. The van der Waals surface area contributed by atoms with Gasteiger partial charge in [0.25, 0.3) is 0 Å². The number of carbonyl (C=O) groups is 1. The van der Waals surface area contributed by atoms with Crippen LogP contribution in [0.25, 0.3) is 0 Å². The van der Waals surface area contributed by atoms with Crippen LogP contribution in [0, 0.1) is 5.92 Å². The van der Waals surface area contributed by atoms with Crippen molar-refractivity contribution >= 4 is 17.3 Å². The summed E-state index contributed by atoms with van der Waals surface area (Å²) >= 11 is 0. The van der Waals surface area contributed by atoms with Gasteiger partial charge in [-0.2, -0.15) is 0 Å². The van der Waals surface area contributed by atoms with Gasteiger partial charge in [-0.25, -0.2) is 0 Å². The van der Waals surface area contributed by atoms with Gasteiger partial charge in [0, 0.05) is 23.8 Å². The summed E-state index contributed by atoms with van der Waals surface area (Å²) in [6, 6.07) is 8.61.